The maximum Gasteiger partial charge on any atom is 0.343 e. The molecule has 1 heterocycles. The Morgan fingerprint density at radius 1 is 1.03 bits per heavy atom. The van der Waals surface area contributed by atoms with Crippen LogP contribution in [0.1, 0.15) is 34.0 Å². The van der Waals surface area contributed by atoms with Gasteiger partial charge in [-0.15, -0.1) is 0 Å². The molecule has 0 N–H and O–H groups in total. The average Bonchev–Trinajstić information content (AvgIpc) is 3.08. The number of nitrogens with zero attached hydrogens (tertiary/aromatic N) is 1. The van der Waals surface area contributed by atoms with Gasteiger partial charge < -0.3 is 9.47 Å². The zero-order chi connectivity index (χ0) is 24.9. The highest BCUT2D eigenvalue weighted by Crippen LogP contribution is 2.35. The van der Waals surface area contributed by atoms with E-state index in [1.165, 1.54) is 11.0 Å². The van der Waals surface area contributed by atoms with Crippen molar-refractivity contribution in [3.8, 4) is 11.5 Å². The minimum atomic E-state index is -0.571. The van der Waals surface area contributed by atoms with Crippen molar-refractivity contribution in [3.05, 3.63) is 98.9 Å². The number of amides is 2. The highest BCUT2D eigenvalue weighted by Gasteiger charge is 2.35. The molecule has 1 aliphatic heterocycles. The lowest BCUT2D eigenvalue weighted by molar-refractivity contribution is -0.123. The molecule has 0 aromatic heterocycles. The first-order valence-corrected chi connectivity index (χ1v) is 12.1. The lowest BCUT2D eigenvalue weighted by Crippen LogP contribution is -2.27. The molecule has 1 aliphatic rings. The average molecular weight is 508 g/mol. The maximum absolute atomic E-state index is 12.9. The molecule has 178 valence electrons. The SMILES string of the molecule is CCOc1cc(/C=C2\SC(=O)N(Cc3cccc(C)c3)C2=O)ccc1OC(=O)c1cccc(Cl)c1. The number of benzene rings is 3. The van der Waals surface area contributed by atoms with Gasteiger partial charge in [-0.05, 0) is 73.1 Å². The minimum Gasteiger partial charge on any atom is -0.490 e. The molecule has 0 spiro atoms. The van der Waals surface area contributed by atoms with E-state index >= 15 is 0 Å². The summed E-state index contributed by atoms with van der Waals surface area (Å²) in [5, 5.41) is 0.107. The summed E-state index contributed by atoms with van der Waals surface area (Å²) < 4.78 is 11.2. The Morgan fingerprint density at radius 2 is 1.83 bits per heavy atom. The predicted molar refractivity (Wildman–Crippen MR) is 137 cm³/mol. The molecule has 1 saturated heterocycles. The Kier molecular flexibility index (Phi) is 7.58. The number of carbonyl (C=O) groups is 3. The standard InChI is InChI=1S/C27H22ClNO5S/c1-3-33-23-13-18(10-11-22(23)34-26(31)20-8-5-9-21(28)15-20)14-24-25(30)29(27(32)35-24)16-19-7-4-6-17(2)12-19/h4-15H,3,16H2,1-2H3/b24-14-. The van der Waals surface area contributed by atoms with Crippen molar-refractivity contribution >= 4 is 46.6 Å². The van der Waals surface area contributed by atoms with Crippen LogP contribution in [-0.4, -0.2) is 28.6 Å². The fourth-order valence-electron chi connectivity index (χ4n) is 3.52. The molecule has 2 amide bonds. The van der Waals surface area contributed by atoms with Gasteiger partial charge in [0.15, 0.2) is 11.5 Å². The molecule has 0 aliphatic carbocycles. The van der Waals surface area contributed by atoms with E-state index in [4.69, 9.17) is 21.1 Å². The van der Waals surface area contributed by atoms with E-state index in [0.717, 1.165) is 22.9 Å². The van der Waals surface area contributed by atoms with Crippen LogP contribution in [0.15, 0.2) is 71.6 Å². The van der Waals surface area contributed by atoms with Gasteiger partial charge in [0.05, 0.1) is 23.6 Å². The van der Waals surface area contributed by atoms with E-state index in [1.807, 2.05) is 38.1 Å². The zero-order valence-corrected chi connectivity index (χ0v) is 20.7. The van der Waals surface area contributed by atoms with Crippen molar-refractivity contribution in [2.45, 2.75) is 20.4 Å². The number of hydrogen-bond acceptors (Lipinski definition) is 6. The van der Waals surface area contributed by atoms with Crippen LogP contribution in [0.5, 0.6) is 11.5 Å². The van der Waals surface area contributed by atoms with Gasteiger partial charge in [-0.3, -0.25) is 14.5 Å². The first-order chi connectivity index (χ1) is 16.8. The monoisotopic (exact) mass is 507 g/mol. The fourth-order valence-corrected chi connectivity index (χ4v) is 4.55. The molecule has 3 aromatic carbocycles. The largest absolute Gasteiger partial charge is 0.490 e. The Morgan fingerprint density at radius 3 is 2.57 bits per heavy atom. The lowest BCUT2D eigenvalue weighted by Gasteiger charge is -2.13. The number of hydrogen-bond donors (Lipinski definition) is 0. The molecule has 8 heteroatoms. The normalized spacial score (nSPS) is 14.5. The van der Waals surface area contributed by atoms with Crippen LogP contribution < -0.4 is 9.47 Å². The molecule has 0 saturated carbocycles. The highest BCUT2D eigenvalue weighted by molar-refractivity contribution is 8.18. The molecule has 0 bridgehead atoms. The number of halogens is 1. The third-order valence-electron chi connectivity index (χ3n) is 5.13. The second kappa shape index (κ2) is 10.8. The van der Waals surface area contributed by atoms with Gasteiger partial charge in [0.25, 0.3) is 11.1 Å². The van der Waals surface area contributed by atoms with Gasteiger partial charge in [-0.2, -0.15) is 0 Å². The maximum atomic E-state index is 12.9. The summed E-state index contributed by atoms with van der Waals surface area (Å²) in [6.45, 7) is 4.33. The van der Waals surface area contributed by atoms with Crippen LogP contribution >= 0.6 is 23.4 Å². The Hall–Kier alpha value is -3.55. The van der Waals surface area contributed by atoms with Crippen LogP contribution in [0.2, 0.25) is 5.02 Å². The lowest BCUT2D eigenvalue weighted by atomic mass is 10.1. The van der Waals surface area contributed by atoms with Gasteiger partial charge in [0.2, 0.25) is 0 Å². The smallest absolute Gasteiger partial charge is 0.343 e. The van der Waals surface area contributed by atoms with Crippen LogP contribution in [-0.2, 0) is 11.3 Å². The number of esters is 1. The van der Waals surface area contributed by atoms with E-state index in [-0.39, 0.29) is 23.4 Å². The van der Waals surface area contributed by atoms with E-state index < -0.39 is 5.97 Å². The van der Waals surface area contributed by atoms with Crippen molar-refractivity contribution in [3.63, 3.8) is 0 Å². The summed E-state index contributed by atoms with van der Waals surface area (Å²) in [6.07, 6.45) is 1.63. The summed E-state index contributed by atoms with van der Waals surface area (Å²) in [7, 11) is 0. The Labute approximate surface area is 212 Å². The molecule has 3 aromatic rings. The topological polar surface area (TPSA) is 72.9 Å². The highest BCUT2D eigenvalue weighted by atomic mass is 35.5. The molecule has 35 heavy (non-hydrogen) atoms. The van der Waals surface area contributed by atoms with E-state index in [9.17, 15) is 14.4 Å². The number of aryl methyl sites for hydroxylation is 1. The molecule has 4 rings (SSSR count). The van der Waals surface area contributed by atoms with Gasteiger partial charge in [-0.1, -0.05) is 53.6 Å². The predicted octanol–water partition coefficient (Wildman–Crippen LogP) is 6.50. The number of rotatable bonds is 7. The fraction of sp³-hybridized carbons (Fsp3) is 0.148. The molecule has 1 fully saturated rings. The zero-order valence-electron chi connectivity index (χ0n) is 19.1. The molecular weight excluding hydrogens is 486 g/mol. The summed E-state index contributed by atoms with van der Waals surface area (Å²) >= 11 is 6.86. The summed E-state index contributed by atoms with van der Waals surface area (Å²) in [4.78, 5) is 39.5. The van der Waals surface area contributed by atoms with Crippen LogP contribution in [0.25, 0.3) is 6.08 Å². The number of ether oxygens (including phenoxy) is 2. The number of thioether (sulfide) groups is 1. The molecule has 0 unspecified atom stereocenters. The van der Waals surface area contributed by atoms with Crippen LogP contribution in [0, 0.1) is 6.92 Å². The Bertz CT molecular complexity index is 1340. The Balaban J connectivity index is 1.54. The van der Waals surface area contributed by atoms with E-state index in [2.05, 4.69) is 0 Å². The number of imide groups is 1. The second-order valence-corrected chi connectivity index (χ2v) is 9.23. The van der Waals surface area contributed by atoms with Gasteiger partial charge in [0.1, 0.15) is 0 Å². The van der Waals surface area contributed by atoms with Crippen LogP contribution in [0.4, 0.5) is 4.79 Å². The van der Waals surface area contributed by atoms with E-state index in [0.29, 0.717) is 33.4 Å². The first-order valence-electron chi connectivity index (χ1n) is 10.9. The molecule has 6 nitrogen and oxygen atoms in total. The summed E-state index contributed by atoms with van der Waals surface area (Å²) in [5.41, 5.74) is 2.89. The van der Waals surface area contributed by atoms with Crippen molar-refractivity contribution < 1.29 is 23.9 Å². The molecular formula is C27H22ClNO5S. The molecule has 0 radical (unpaired) electrons. The quantitative estimate of drug-likeness (QED) is 0.206. The van der Waals surface area contributed by atoms with Crippen molar-refractivity contribution in [1.82, 2.24) is 4.90 Å². The van der Waals surface area contributed by atoms with E-state index in [1.54, 1.807) is 42.5 Å². The van der Waals surface area contributed by atoms with Crippen molar-refractivity contribution in [2.24, 2.45) is 0 Å². The third-order valence-corrected chi connectivity index (χ3v) is 6.27. The van der Waals surface area contributed by atoms with Gasteiger partial charge in [0, 0.05) is 5.02 Å². The summed E-state index contributed by atoms with van der Waals surface area (Å²) in [5.74, 6) is -0.341. The van der Waals surface area contributed by atoms with Gasteiger partial charge >= 0.3 is 5.97 Å². The van der Waals surface area contributed by atoms with Crippen molar-refractivity contribution in [1.29, 1.82) is 0 Å². The second-order valence-electron chi connectivity index (χ2n) is 7.80. The summed E-state index contributed by atoms with van der Waals surface area (Å²) in [6, 6.07) is 19.1. The molecule has 0 atom stereocenters. The third kappa shape index (κ3) is 5.93. The van der Waals surface area contributed by atoms with Gasteiger partial charge in [-0.25, -0.2) is 4.79 Å². The minimum absolute atomic E-state index is 0.215. The first kappa shape index (κ1) is 24.6. The van der Waals surface area contributed by atoms with Crippen molar-refractivity contribution in [2.75, 3.05) is 6.61 Å². The number of carbonyl (C=O) groups excluding carboxylic acids is 3. The van der Waals surface area contributed by atoms with Crippen LogP contribution in [0.3, 0.4) is 0 Å².